The lowest BCUT2D eigenvalue weighted by atomic mass is 10.1. The molecule has 0 unspecified atom stereocenters. The molecule has 0 aliphatic rings. The number of benzene rings is 3. The Morgan fingerprint density at radius 3 is 2.29 bits per heavy atom. The third kappa shape index (κ3) is 8.63. The summed E-state index contributed by atoms with van der Waals surface area (Å²) in [6.07, 6.45) is -0.233. The van der Waals surface area contributed by atoms with Crippen LogP contribution in [0.4, 0.5) is 5.69 Å². The Morgan fingerprint density at radius 1 is 0.886 bits per heavy atom. The summed E-state index contributed by atoms with van der Waals surface area (Å²) in [7, 11) is 0. The van der Waals surface area contributed by atoms with Crippen LogP contribution in [0.3, 0.4) is 0 Å². The number of hydrogen-bond acceptors (Lipinski definition) is 5. The van der Waals surface area contributed by atoms with Crippen molar-refractivity contribution in [1.82, 2.24) is 5.32 Å². The van der Waals surface area contributed by atoms with E-state index in [1.807, 2.05) is 37.3 Å². The molecule has 9 heteroatoms. The molecule has 35 heavy (non-hydrogen) atoms. The van der Waals surface area contributed by atoms with Crippen LogP contribution in [0.1, 0.15) is 31.4 Å². The minimum Gasteiger partial charge on any atom is -0.456 e. The number of rotatable bonds is 10. The molecular weight excluding hydrogens is 491 g/mol. The summed E-state index contributed by atoms with van der Waals surface area (Å²) < 4.78 is 10.7. The fourth-order valence-corrected chi connectivity index (χ4v) is 3.50. The minimum absolute atomic E-state index is 0.0838. The summed E-state index contributed by atoms with van der Waals surface area (Å²) in [5.41, 5.74) is 1.48. The molecule has 0 spiro atoms. The van der Waals surface area contributed by atoms with Gasteiger partial charge in [0.25, 0.3) is 5.91 Å². The molecule has 0 fully saturated rings. The van der Waals surface area contributed by atoms with Crippen LogP contribution in [0.25, 0.3) is 0 Å². The molecule has 3 rings (SSSR count). The van der Waals surface area contributed by atoms with Crippen LogP contribution in [-0.4, -0.2) is 24.4 Å². The van der Waals surface area contributed by atoms with Gasteiger partial charge in [0.05, 0.1) is 17.5 Å². The average molecular weight is 515 g/mol. The van der Waals surface area contributed by atoms with Gasteiger partial charge in [-0.3, -0.25) is 14.4 Å². The maximum atomic E-state index is 12.2. The molecule has 0 heterocycles. The number of esters is 1. The lowest BCUT2D eigenvalue weighted by Crippen LogP contribution is -2.31. The predicted octanol–water partition coefficient (Wildman–Crippen LogP) is 5.93. The van der Waals surface area contributed by atoms with E-state index in [-0.39, 0.29) is 24.8 Å². The standard InChI is InChI=1S/C26H24Cl2N2O5/c1-17(18-5-3-2-4-6-18)29-25(32)16-34-26(33)14-13-24(31)30-20-8-10-21(11-9-20)35-23-12-7-19(27)15-22(23)28/h2-12,15,17H,13-14,16H2,1H3,(H,29,32)(H,30,31)/t17-/m0/s1. The average Bonchev–Trinajstić information content (AvgIpc) is 2.85. The quantitative estimate of drug-likeness (QED) is 0.327. The van der Waals surface area contributed by atoms with E-state index in [1.165, 1.54) is 0 Å². The van der Waals surface area contributed by atoms with E-state index in [9.17, 15) is 14.4 Å². The lowest BCUT2D eigenvalue weighted by Gasteiger charge is -2.14. The van der Waals surface area contributed by atoms with E-state index in [2.05, 4.69) is 10.6 Å². The van der Waals surface area contributed by atoms with Crippen LogP contribution in [-0.2, 0) is 19.1 Å². The highest BCUT2D eigenvalue weighted by Gasteiger charge is 2.13. The maximum Gasteiger partial charge on any atom is 0.306 e. The summed E-state index contributed by atoms with van der Waals surface area (Å²) in [5, 5.41) is 6.33. The smallest absolute Gasteiger partial charge is 0.306 e. The zero-order valence-corrected chi connectivity index (χ0v) is 20.4. The van der Waals surface area contributed by atoms with Crippen molar-refractivity contribution in [2.45, 2.75) is 25.8 Å². The first-order chi connectivity index (χ1) is 16.8. The maximum absolute atomic E-state index is 12.2. The van der Waals surface area contributed by atoms with Crippen molar-refractivity contribution in [3.8, 4) is 11.5 Å². The highest BCUT2D eigenvalue weighted by atomic mass is 35.5. The van der Waals surface area contributed by atoms with Gasteiger partial charge < -0.3 is 20.1 Å². The molecule has 0 bridgehead atoms. The van der Waals surface area contributed by atoms with Gasteiger partial charge in [0.15, 0.2) is 6.61 Å². The van der Waals surface area contributed by atoms with Gasteiger partial charge in [0, 0.05) is 17.1 Å². The SMILES string of the molecule is C[C@H](NC(=O)COC(=O)CCC(=O)Nc1ccc(Oc2ccc(Cl)cc2Cl)cc1)c1ccccc1. The number of nitrogens with one attached hydrogen (secondary N) is 2. The first kappa shape index (κ1) is 26.1. The Morgan fingerprint density at radius 2 is 1.60 bits per heavy atom. The van der Waals surface area contributed by atoms with E-state index in [0.717, 1.165) is 5.56 Å². The molecule has 2 N–H and O–H groups in total. The van der Waals surface area contributed by atoms with E-state index >= 15 is 0 Å². The molecule has 3 aromatic carbocycles. The fraction of sp³-hybridized carbons (Fsp3) is 0.192. The normalized spacial score (nSPS) is 11.3. The summed E-state index contributed by atoms with van der Waals surface area (Å²) in [6.45, 7) is 1.43. The molecule has 182 valence electrons. The highest BCUT2D eigenvalue weighted by molar-refractivity contribution is 6.35. The van der Waals surface area contributed by atoms with Gasteiger partial charge in [0.2, 0.25) is 5.91 Å². The van der Waals surface area contributed by atoms with Crippen LogP contribution in [0.15, 0.2) is 72.8 Å². The van der Waals surface area contributed by atoms with Gasteiger partial charge in [0.1, 0.15) is 11.5 Å². The Bertz CT molecular complexity index is 1170. The minimum atomic E-state index is -0.633. The van der Waals surface area contributed by atoms with Gasteiger partial charge in [-0.25, -0.2) is 0 Å². The zero-order valence-electron chi connectivity index (χ0n) is 18.9. The Hall–Kier alpha value is -3.55. The second-order valence-electron chi connectivity index (χ2n) is 7.61. The van der Waals surface area contributed by atoms with Gasteiger partial charge >= 0.3 is 5.97 Å². The molecular formula is C26H24Cl2N2O5. The van der Waals surface area contributed by atoms with E-state index in [0.29, 0.717) is 27.2 Å². The fourth-order valence-electron chi connectivity index (χ4n) is 3.06. The number of halogens is 2. The van der Waals surface area contributed by atoms with Gasteiger partial charge in [-0.1, -0.05) is 53.5 Å². The van der Waals surface area contributed by atoms with E-state index in [1.54, 1.807) is 42.5 Å². The second-order valence-corrected chi connectivity index (χ2v) is 8.45. The Balaban J connectivity index is 1.37. The molecule has 2 amide bonds. The molecule has 0 aliphatic heterocycles. The van der Waals surface area contributed by atoms with Crippen LogP contribution in [0, 0.1) is 0 Å². The molecule has 0 aromatic heterocycles. The summed E-state index contributed by atoms with van der Waals surface area (Å²) in [5.74, 6) is -0.434. The summed E-state index contributed by atoms with van der Waals surface area (Å²) >= 11 is 12.0. The molecule has 0 radical (unpaired) electrons. The van der Waals surface area contributed by atoms with Crippen molar-refractivity contribution in [2.24, 2.45) is 0 Å². The predicted molar refractivity (Wildman–Crippen MR) is 135 cm³/mol. The highest BCUT2D eigenvalue weighted by Crippen LogP contribution is 2.32. The molecule has 0 saturated carbocycles. The monoisotopic (exact) mass is 514 g/mol. The number of hydrogen-bond donors (Lipinski definition) is 2. The number of amides is 2. The van der Waals surface area contributed by atoms with Crippen molar-refractivity contribution in [2.75, 3.05) is 11.9 Å². The van der Waals surface area contributed by atoms with Crippen molar-refractivity contribution in [3.05, 3.63) is 88.4 Å². The third-order valence-corrected chi connectivity index (χ3v) is 5.39. The van der Waals surface area contributed by atoms with Crippen LogP contribution in [0.5, 0.6) is 11.5 Å². The molecule has 3 aromatic rings. The van der Waals surface area contributed by atoms with Crippen molar-refractivity contribution in [3.63, 3.8) is 0 Å². The van der Waals surface area contributed by atoms with Crippen molar-refractivity contribution >= 4 is 46.7 Å². The molecule has 0 saturated heterocycles. The topological polar surface area (TPSA) is 93.7 Å². The van der Waals surface area contributed by atoms with Gasteiger partial charge in [-0.15, -0.1) is 0 Å². The largest absolute Gasteiger partial charge is 0.456 e. The van der Waals surface area contributed by atoms with Crippen LogP contribution in [0.2, 0.25) is 10.0 Å². The molecule has 1 atom stereocenters. The summed E-state index contributed by atoms with van der Waals surface area (Å²) in [6, 6.07) is 20.8. The third-order valence-electron chi connectivity index (χ3n) is 4.86. The van der Waals surface area contributed by atoms with Gasteiger partial charge in [-0.2, -0.15) is 0 Å². The number of carbonyl (C=O) groups is 3. The van der Waals surface area contributed by atoms with E-state index in [4.69, 9.17) is 32.7 Å². The van der Waals surface area contributed by atoms with Crippen LogP contribution >= 0.6 is 23.2 Å². The van der Waals surface area contributed by atoms with Crippen molar-refractivity contribution in [1.29, 1.82) is 0 Å². The molecule has 7 nitrogen and oxygen atoms in total. The number of anilines is 1. The summed E-state index contributed by atoms with van der Waals surface area (Å²) in [4.78, 5) is 36.1. The van der Waals surface area contributed by atoms with Gasteiger partial charge in [-0.05, 0) is 55.0 Å². The van der Waals surface area contributed by atoms with Crippen LogP contribution < -0.4 is 15.4 Å². The zero-order chi connectivity index (χ0) is 25.2. The number of carbonyl (C=O) groups excluding carboxylic acids is 3. The first-order valence-electron chi connectivity index (χ1n) is 10.8. The molecule has 0 aliphatic carbocycles. The first-order valence-corrected chi connectivity index (χ1v) is 11.6. The number of ether oxygens (including phenoxy) is 2. The Labute approximate surface area is 213 Å². The van der Waals surface area contributed by atoms with E-state index < -0.39 is 18.5 Å². The Kier molecular flexibility index (Phi) is 9.52. The van der Waals surface area contributed by atoms with Crippen molar-refractivity contribution < 1.29 is 23.9 Å². The lowest BCUT2D eigenvalue weighted by molar-refractivity contribution is -0.149. The second kappa shape index (κ2) is 12.8.